The van der Waals surface area contributed by atoms with Gasteiger partial charge < -0.3 is 14.4 Å². The highest BCUT2D eigenvalue weighted by atomic mass is 35.5. The van der Waals surface area contributed by atoms with E-state index in [-0.39, 0.29) is 28.9 Å². The summed E-state index contributed by atoms with van der Waals surface area (Å²) in [4.78, 5) is 23.7. The Morgan fingerprint density at radius 2 is 1.68 bits per heavy atom. The van der Waals surface area contributed by atoms with Crippen LogP contribution in [0.2, 0.25) is 5.02 Å². The Balaban J connectivity index is 1.53. The highest BCUT2D eigenvalue weighted by Gasteiger charge is 2.29. The number of carbonyl (C=O) groups excluding carboxylic acids is 1. The average molecular weight is 397 g/mol. The van der Waals surface area contributed by atoms with E-state index in [0.717, 1.165) is 22.3 Å². The average Bonchev–Trinajstić information content (AvgIpc) is 3.14. The van der Waals surface area contributed by atoms with E-state index in [2.05, 4.69) is 17.4 Å². The molecule has 1 aliphatic carbocycles. The maximum absolute atomic E-state index is 12.3. The number of nitrogens with one attached hydrogen (secondary N) is 1. The molecule has 2 N–H and O–H groups in total. The smallest absolute Gasteiger partial charge is 0.411 e. The van der Waals surface area contributed by atoms with Gasteiger partial charge in [-0.05, 0) is 22.3 Å². The second kappa shape index (κ2) is 7.05. The molecule has 0 unspecified atom stereocenters. The van der Waals surface area contributed by atoms with E-state index in [4.69, 9.17) is 16.3 Å². The second-order valence-electron chi connectivity index (χ2n) is 6.57. The topological polar surface area (TPSA) is 80.6 Å². The number of rotatable bonds is 4. The lowest BCUT2D eigenvalue weighted by Gasteiger charge is -2.14. The number of amides is 1. The van der Waals surface area contributed by atoms with Gasteiger partial charge in [0.25, 0.3) is 0 Å². The van der Waals surface area contributed by atoms with E-state index < -0.39 is 12.1 Å². The minimum Gasteiger partial charge on any atom is -0.477 e. The van der Waals surface area contributed by atoms with Crippen LogP contribution in [0.4, 0.5) is 10.5 Å². The quantitative estimate of drug-likeness (QED) is 0.667. The fourth-order valence-corrected chi connectivity index (χ4v) is 3.98. The normalized spacial score (nSPS) is 12.4. The van der Waals surface area contributed by atoms with Gasteiger partial charge >= 0.3 is 12.1 Å². The molecule has 0 spiro atoms. The maximum Gasteiger partial charge on any atom is 0.411 e. The highest BCUT2D eigenvalue weighted by molar-refractivity contribution is 6.34. The Bertz CT molecular complexity index is 1040. The third kappa shape index (κ3) is 3.01. The third-order valence-corrected chi connectivity index (χ3v) is 5.20. The van der Waals surface area contributed by atoms with Crippen molar-refractivity contribution >= 4 is 29.4 Å². The molecule has 28 heavy (non-hydrogen) atoms. The number of halogens is 1. The summed E-state index contributed by atoms with van der Waals surface area (Å²) in [5.74, 6) is -1.27. The fraction of sp³-hybridized carbons (Fsp3) is 0.143. The molecule has 1 aromatic heterocycles. The van der Waals surface area contributed by atoms with Crippen molar-refractivity contribution in [3.63, 3.8) is 0 Å². The van der Waals surface area contributed by atoms with Crippen LogP contribution in [0.5, 0.6) is 0 Å². The van der Waals surface area contributed by atoms with Crippen LogP contribution in [0.15, 0.2) is 54.7 Å². The summed E-state index contributed by atoms with van der Waals surface area (Å²) in [6, 6.07) is 16.0. The molecule has 2 aromatic carbocycles. The number of fused-ring (bicyclic) bond motifs is 3. The molecule has 0 saturated heterocycles. The maximum atomic E-state index is 12.3. The zero-order valence-electron chi connectivity index (χ0n) is 15.0. The number of nitrogens with zero attached hydrogens (tertiary/aromatic N) is 1. The van der Waals surface area contributed by atoms with Crippen molar-refractivity contribution in [2.45, 2.75) is 5.92 Å². The predicted molar refractivity (Wildman–Crippen MR) is 106 cm³/mol. The van der Waals surface area contributed by atoms with Crippen molar-refractivity contribution in [3.8, 4) is 11.1 Å². The van der Waals surface area contributed by atoms with Gasteiger partial charge in [-0.2, -0.15) is 0 Å². The summed E-state index contributed by atoms with van der Waals surface area (Å²) in [6.07, 6.45) is 0.668. The van der Waals surface area contributed by atoms with Gasteiger partial charge in [0, 0.05) is 19.2 Å². The van der Waals surface area contributed by atoms with Crippen molar-refractivity contribution < 1.29 is 19.4 Å². The molecule has 0 bridgehead atoms. The van der Waals surface area contributed by atoms with Crippen LogP contribution >= 0.6 is 11.6 Å². The van der Waals surface area contributed by atoms with Crippen LogP contribution in [-0.2, 0) is 11.8 Å². The van der Waals surface area contributed by atoms with E-state index in [9.17, 15) is 14.7 Å². The summed E-state index contributed by atoms with van der Waals surface area (Å²) in [7, 11) is 1.54. The van der Waals surface area contributed by atoms with Gasteiger partial charge in [0.2, 0.25) is 0 Å². The molecule has 142 valence electrons. The molecule has 0 saturated carbocycles. The number of hydrogen-bond donors (Lipinski definition) is 2. The molecular formula is C21H17ClN2O4. The zero-order valence-corrected chi connectivity index (χ0v) is 15.7. The molecule has 1 amide bonds. The Hall–Kier alpha value is -3.25. The molecular weight excluding hydrogens is 380 g/mol. The first-order valence-electron chi connectivity index (χ1n) is 8.67. The van der Waals surface area contributed by atoms with Gasteiger partial charge in [-0.1, -0.05) is 60.1 Å². The zero-order chi connectivity index (χ0) is 19.8. The number of hydrogen-bond acceptors (Lipinski definition) is 3. The standard InChI is InChI=1S/C21H17ClN2O4/c1-24-10-17(22)18(19(24)20(25)26)23-21(27)28-11-16-14-8-4-2-6-12(14)13-7-3-5-9-15(13)16/h2-10,16H,11H2,1H3,(H,23,27)(H,25,26). The van der Waals surface area contributed by atoms with E-state index in [1.165, 1.54) is 17.8 Å². The SMILES string of the molecule is Cn1cc(Cl)c(NC(=O)OCC2c3ccccc3-c3ccccc32)c1C(=O)O. The van der Waals surface area contributed by atoms with Gasteiger partial charge in [-0.25, -0.2) is 9.59 Å². The lowest BCUT2D eigenvalue weighted by atomic mass is 9.98. The summed E-state index contributed by atoms with van der Waals surface area (Å²) < 4.78 is 6.77. The van der Waals surface area contributed by atoms with Crippen molar-refractivity contribution in [2.24, 2.45) is 7.05 Å². The summed E-state index contributed by atoms with van der Waals surface area (Å²) in [5, 5.41) is 11.9. The Morgan fingerprint density at radius 3 is 2.25 bits per heavy atom. The minimum atomic E-state index is -1.19. The Morgan fingerprint density at radius 1 is 1.11 bits per heavy atom. The number of carbonyl (C=O) groups is 2. The van der Waals surface area contributed by atoms with Crippen molar-refractivity contribution in [1.29, 1.82) is 0 Å². The van der Waals surface area contributed by atoms with Crippen molar-refractivity contribution in [2.75, 3.05) is 11.9 Å². The van der Waals surface area contributed by atoms with Crippen LogP contribution in [0.1, 0.15) is 27.5 Å². The van der Waals surface area contributed by atoms with Gasteiger partial charge in [0.1, 0.15) is 6.61 Å². The van der Waals surface area contributed by atoms with E-state index in [1.54, 1.807) is 0 Å². The first kappa shape index (κ1) is 18.1. The molecule has 0 atom stereocenters. The molecule has 1 aliphatic rings. The van der Waals surface area contributed by atoms with Crippen LogP contribution < -0.4 is 5.32 Å². The summed E-state index contributed by atoms with van der Waals surface area (Å²) in [5.41, 5.74) is 4.37. The number of anilines is 1. The van der Waals surface area contributed by atoms with Crippen molar-refractivity contribution in [3.05, 3.63) is 76.6 Å². The number of carboxylic acids is 1. The van der Waals surface area contributed by atoms with Gasteiger partial charge in [0.05, 0.1) is 10.7 Å². The minimum absolute atomic E-state index is 0.0221. The largest absolute Gasteiger partial charge is 0.477 e. The van der Waals surface area contributed by atoms with Gasteiger partial charge in [0.15, 0.2) is 5.69 Å². The third-order valence-electron chi connectivity index (χ3n) is 4.91. The molecule has 6 nitrogen and oxygen atoms in total. The van der Waals surface area contributed by atoms with Gasteiger partial charge in [-0.3, -0.25) is 5.32 Å². The molecule has 4 rings (SSSR count). The highest BCUT2D eigenvalue weighted by Crippen LogP contribution is 2.44. The Labute approximate surface area is 166 Å². The number of carboxylic acid groups (broad SMARTS) is 1. The van der Waals surface area contributed by atoms with Crippen LogP contribution in [-0.4, -0.2) is 28.3 Å². The van der Waals surface area contributed by atoms with Crippen LogP contribution in [0, 0.1) is 0 Å². The lowest BCUT2D eigenvalue weighted by Crippen LogP contribution is -2.19. The summed E-state index contributed by atoms with van der Waals surface area (Å²) >= 11 is 6.05. The van der Waals surface area contributed by atoms with E-state index >= 15 is 0 Å². The van der Waals surface area contributed by atoms with Crippen LogP contribution in [0.25, 0.3) is 11.1 Å². The van der Waals surface area contributed by atoms with E-state index in [0.29, 0.717) is 0 Å². The predicted octanol–water partition coefficient (Wildman–Crippen LogP) is 4.74. The number of aryl methyl sites for hydroxylation is 1. The number of benzene rings is 2. The first-order chi connectivity index (χ1) is 13.5. The number of aromatic carboxylic acids is 1. The first-order valence-corrected chi connectivity index (χ1v) is 9.05. The summed E-state index contributed by atoms with van der Waals surface area (Å²) in [6.45, 7) is 0.132. The molecule has 0 aliphatic heterocycles. The Kier molecular flexibility index (Phi) is 4.57. The monoisotopic (exact) mass is 396 g/mol. The second-order valence-corrected chi connectivity index (χ2v) is 6.97. The molecule has 7 heteroatoms. The van der Waals surface area contributed by atoms with Crippen LogP contribution in [0.3, 0.4) is 0 Å². The van der Waals surface area contributed by atoms with Crippen molar-refractivity contribution in [1.82, 2.24) is 4.57 Å². The fourth-order valence-electron chi connectivity index (χ4n) is 3.70. The molecule has 0 radical (unpaired) electrons. The molecule has 1 heterocycles. The lowest BCUT2D eigenvalue weighted by molar-refractivity contribution is 0.0688. The molecule has 3 aromatic rings. The van der Waals surface area contributed by atoms with E-state index in [1.807, 2.05) is 36.4 Å². The van der Waals surface area contributed by atoms with Gasteiger partial charge in [-0.15, -0.1) is 0 Å². The molecule has 0 fully saturated rings. The number of ether oxygens (including phenoxy) is 1. The number of aromatic nitrogens is 1.